The Balaban J connectivity index is 1.46. The van der Waals surface area contributed by atoms with Crippen LogP contribution in [-0.2, 0) is 19.5 Å². The molecule has 5 heteroatoms. The van der Waals surface area contributed by atoms with E-state index >= 15 is 0 Å². The highest BCUT2D eigenvalue weighted by atomic mass is 35.5. The summed E-state index contributed by atoms with van der Waals surface area (Å²) in [6.45, 7) is 2.50. The molecule has 0 N–H and O–H groups in total. The largest absolute Gasteiger partial charge is 0.294 e. The maximum Gasteiger partial charge on any atom is 0.131 e. The van der Waals surface area contributed by atoms with Crippen LogP contribution < -0.4 is 0 Å². The molecule has 0 amide bonds. The van der Waals surface area contributed by atoms with E-state index < -0.39 is 0 Å². The van der Waals surface area contributed by atoms with Crippen LogP contribution in [0.15, 0.2) is 24.4 Å². The van der Waals surface area contributed by atoms with E-state index in [9.17, 15) is 4.39 Å². The lowest BCUT2D eigenvalue weighted by Gasteiger charge is -2.29. The molecule has 0 atom stereocenters. The van der Waals surface area contributed by atoms with Gasteiger partial charge in [0.1, 0.15) is 11.6 Å². The second-order valence-corrected chi connectivity index (χ2v) is 7.64. The van der Waals surface area contributed by atoms with Crippen molar-refractivity contribution >= 4 is 11.6 Å². The fourth-order valence-corrected chi connectivity index (χ4v) is 4.20. The normalized spacial score (nSPS) is 19.0. The average molecular weight is 360 g/mol. The first kappa shape index (κ1) is 16.9. The summed E-state index contributed by atoms with van der Waals surface area (Å²) in [5.74, 6) is 1.31. The van der Waals surface area contributed by atoms with Crippen LogP contribution in [0.2, 0.25) is 5.02 Å². The van der Waals surface area contributed by atoms with E-state index in [1.165, 1.54) is 55.5 Å². The number of hydrogen-bond donors (Lipinski definition) is 0. The van der Waals surface area contributed by atoms with Crippen molar-refractivity contribution in [1.29, 1.82) is 0 Å². The highest BCUT2D eigenvalue weighted by Gasteiger charge is 2.23. The third-order valence-corrected chi connectivity index (χ3v) is 5.76. The third kappa shape index (κ3) is 3.85. The van der Waals surface area contributed by atoms with Gasteiger partial charge in [0.25, 0.3) is 0 Å². The van der Waals surface area contributed by atoms with Crippen LogP contribution in [0.25, 0.3) is 0 Å². The van der Waals surface area contributed by atoms with Gasteiger partial charge in [-0.2, -0.15) is 0 Å². The lowest BCUT2D eigenvalue weighted by Crippen LogP contribution is -2.31. The molecule has 1 aliphatic heterocycles. The lowest BCUT2D eigenvalue weighted by molar-refractivity contribution is 0.242. The first-order valence-corrected chi connectivity index (χ1v) is 9.58. The molecule has 1 aliphatic carbocycles. The van der Waals surface area contributed by atoms with Gasteiger partial charge in [0.05, 0.1) is 0 Å². The molecule has 132 valence electrons. The van der Waals surface area contributed by atoms with E-state index in [4.69, 9.17) is 16.6 Å². The highest BCUT2D eigenvalue weighted by Crippen LogP contribution is 2.31. The smallest absolute Gasteiger partial charge is 0.131 e. The van der Waals surface area contributed by atoms with Gasteiger partial charge in [-0.25, -0.2) is 14.4 Å². The molecular weight excluding hydrogens is 337 g/mol. The summed E-state index contributed by atoms with van der Waals surface area (Å²) >= 11 is 6.16. The molecule has 1 fully saturated rings. The summed E-state index contributed by atoms with van der Waals surface area (Å²) in [7, 11) is 0. The van der Waals surface area contributed by atoms with Gasteiger partial charge in [0, 0.05) is 54.4 Å². The molecule has 25 heavy (non-hydrogen) atoms. The zero-order valence-corrected chi connectivity index (χ0v) is 15.1. The van der Waals surface area contributed by atoms with Crippen molar-refractivity contribution in [2.75, 3.05) is 6.54 Å². The minimum atomic E-state index is -0.290. The van der Waals surface area contributed by atoms with Crippen molar-refractivity contribution in [2.45, 2.75) is 57.5 Å². The van der Waals surface area contributed by atoms with E-state index in [1.807, 2.05) is 6.20 Å². The Bertz CT molecular complexity index is 759. The summed E-state index contributed by atoms with van der Waals surface area (Å²) < 4.78 is 13.2. The molecule has 2 heterocycles. The number of benzene rings is 1. The SMILES string of the molecule is Fc1ccc(CN2CCc3nc(C4CCCCC4)ncc3C2)c(Cl)c1. The second-order valence-electron chi connectivity index (χ2n) is 7.23. The number of rotatable bonds is 3. The van der Waals surface area contributed by atoms with Crippen molar-refractivity contribution in [3.63, 3.8) is 0 Å². The Labute approximate surface area is 153 Å². The Kier molecular flexibility index (Phi) is 5.00. The fraction of sp³-hybridized carbons (Fsp3) is 0.500. The monoisotopic (exact) mass is 359 g/mol. The minimum absolute atomic E-state index is 0.290. The quantitative estimate of drug-likeness (QED) is 0.782. The standard InChI is InChI=1S/C20H23ClFN3/c21-18-10-17(22)7-6-15(18)12-25-9-8-19-16(13-25)11-23-20(24-19)14-4-2-1-3-5-14/h6-7,10-11,14H,1-5,8-9,12-13H2. The van der Waals surface area contributed by atoms with Crippen LogP contribution in [-0.4, -0.2) is 21.4 Å². The van der Waals surface area contributed by atoms with Gasteiger partial charge in [0.2, 0.25) is 0 Å². The summed E-state index contributed by atoms with van der Waals surface area (Å²) in [4.78, 5) is 11.9. The maximum atomic E-state index is 13.2. The Morgan fingerprint density at radius 1 is 1.20 bits per heavy atom. The predicted molar refractivity (Wildman–Crippen MR) is 97.1 cm³/mol. The van der Waals surface area contributed by atoms with Crippen molar-refractivity contribution in [2.24, 2.45) is 0 Å². The average Bonchev–Trinajstić information content (AvgIpc) is 2.64. The van der Waals surface area contributed by atoms with Crippen LogP contribution in [0.3, 0.4) is 0 Å². The number of hydrogen-bond acceptors (Lipinski definition) is 3. The van der Waals surface area contributed by atoms with E-state index in [2.05, 4.69) is 9.88 Å². The van der Waals surface area contributed by atoms with Crippen LogP contribution in [0.1, 0.15) is 60.7 Å². The molecule has 4 rings (SSSR count). The Hall–Kier alpha value is -1.52. The first-order valence-electron chi connectivity index (χ1n) is 9.20. The fourth-order valence-electron chi connectivity index (χ4n) is 3.97. The van der Waals surface area contributed by atoms with E-state index in [0.717, 1.165) is 37.4 Å². The van der Waals surface area contributed by atoms with Crippen molar-refractivity contribution in [3.8, 4) is 0 Å². The highest BCUT2D eigenvalue weighted by molar-refractivity contribution is 6.31. The Morgan fingerprint density at radius 2 is 2.04 bits per heavy atom. The molecule has 1 aromatic carbocycles. The lowest BCUT2D eigenvalue weighted by atomic mass is 9.88. The van der Waals surface area contributed by atoms with Gasteiger partial charge in [-0.15, -0.1) is 0 Å². The molecule has 1 saturated carbocycles. The number of halogens is 2. The van der Waals surface area contributed by atoms with Crippen LogP contribution in [0, 0.1) is 5.82 Å². The molecule has 0 saturated heterocycles. The molecule has 0 spiro atoms. The van der Waals surface area contributed by atoms with Crippen LogP contribution in [0.4, 0.5) is 4.39 Å². The molecule has 2 aliphatic rings. The predicted octanol–water partition coefficient (Wildman–Crippen LogP) is 4.88. The first-order chi connectivity index (χ1) is 12.2. The molecule has 0 bridgehead atoms. The third-order valence-electron chi connectivity index (χ3n) is 5.41. The van der Waals surface area contributed by atoms with Gasteiger partial charge in [-0.3, -0.25) is 4.90 Å². The van der Waals surface area contributed by atoms with Gasteiger partial charge in [-0.1, -0.05) is 36.9 Å². The van der Waals surface area contributed by atoms with Gasteiger partial charge >= 0.3 is 0 Å². The summed E-state index contributed by atoms with van der Waals surface area (Å²) in [6, 6.07) is 4.63. The van der Waals surface area contributed by atoms with E-state index in [1.54, 1.807) is 6.07 Å². The summed E-state index contributed by atoms with van der Waals surface area (Å²) in [5.41, 5.74) is 3.38. The van der Waals surface area contributed by atoms with Gasteiger partial charge < -0.3 is 0 Å². The molecule has 0 radical (unpaired) electrons. The van der Waals surface area contributed by atoms with Crippen LogP contribution in [0.5, 0.6) is 0 Å². The van der Waals surface area contributed by atoms with Crippen LogP contribution >= 0.6 is 11.6 Å². The number of fused-ring (bicyclic) bond motifs is 1. The second kappa shape index (κ2) is 7.38. The van der Waals surface area contributed by atoms with Crippen molar-refractivity contribution < 1.29 is 4.39 Å². The molecular formula is C20H23ClFN3. The minimum Gasteiger partial charge on any atom is -0.294 e. The maximum absolute atomic E-state index is 13.2. The zero-order chi connectivity index (χ0) is 17.2. The number of nitrogens with zero attached hydrogens (tertiary/aromatic N) is 3. The van der Waals surface area contributed by atoms with E-state index in [-0.39, 0.29) is 5.82 Å². The molecule has 0 unspecified atom stereocenters. The molecule has 3 nitrogen and oxygen atoms in total. The summed E-state index contributed by atoms with van der Waals surface area (Å²) in [5, 5.41) is 0.495. The zero-order valence-electron chi connectivity index (χ0n) is 14.3. The number of aromatic nitrogens is 2. The molecule has 1 aromatic heterocycles. The summed E-state index contributed by atoms with van der Waals surface area (Å²) in [6.07, 6.45) is 9.38. The van der Waals surface area contributed by atoms with Crippen molar-refractivity contribution in [1.82, 2.24) is 14.9 Å². The molecule has 2 aromatic rings. The van der Waals surface area contributed by atoms with Gasteiger partial charge in [0.15, 0.2) is 0 Å². The van der Waals surface area contributed by atoms with Crippen molar-refractivity contribution in [3.05, 3.63) is 57.9 Å². The van der Waals surface area contributed by atoms with E-state index in [0.29, 0.717) is 10.9 Å². The Morgan fingerprint density at radius 3 is 2.84 bits per heavy atom. The van der Waals surface area contributed by atoms with Gasteiger partial charge in [-0.05, 0) is 30.5 Å². The topological polar surface area (TPSA) is 29.0 Å².